The number of nitrogens with one attached hydrogen (secondary N) is 2. The topological polar surface area (TPSA) is 121 Å². The van der Waals surface area contributed by atoms with E-state index in [1.54, 1.807) is 57.7 Å². The van der Waals surface area contributed by atoms with Crippen molar-refractivity contribution in [3.05, 3.63) is 77.4 Å². The molecule has 2 aromatic heterocycles. The quantitative estimate of drug-likeness (QED) is 0.166. The summed E-state index contributed by atoms with van der Waals surface area (Å²) in [6, 6.07) is 17.1. The molecule has 0 aliphatic heterocycles. The minimum atomic E-state index is -0.407. The molecule has 4 N–H and O–H groups in total. The number of nitrogens with zero attached hydrogens (tertiary/aromatic N) is 2. The van der Waals surface area contributed by atoms with Crippen molar-refractivity contribution >= 4 is 50.9 Å². The number of ether oxygens (including phenoxy) is 3. The monoisotopic (exact) mass is 591 g/mol. The van der Waals surface area contributed by atoms with Crippen LogP contribution in [0.3, 0.4) is 0 Å². The van der Waals surface area contributed by atoms with E-state index in [4.69, 9.17) is 24.9 Å². The predicted octanol–water partition coefficient (Wildman–Crippen LogP) is 6.61. The van der Waals surface area contributed by atoms with Crippen LogP contribution in [0.2, 0.25) is 0 Å². The lowest BCUT2D eigenvalue weighted by Gasteiger charge is -2.14. The molecule has 0 aliphatic carbocycles. The summed E-state index contributed by atoms with van der Waals surface area (Å²) in [5.74, 6) is 1.14. The number of hydrogen-bond acceptors (Lipinski definition) is 10. The SMILES string of the molecule is COc1cc(Nc2nc(N)c(-c3nc(-c4cccc(NC(=O)Cc5ccccc5F)c4)cs3)s2)cc(OC)c1OC. The number of carbonyl (C=O) groups excluding carboxylic acids is 1. The van der Waals surface area contributed by atoms with E-state index < -0.39 is 5.82 Å². The molecule has 1 amide bonds. The Morgan fingerprint density at radius 1 is 0.951 bits per heavy atom. The normalized spacial score (nSPS) is 10.7. The number of halogens is 1. The molecule has 12 heteroatoms. The summed E-state index contributed by atoms with van der Waals surface area (Å²) in [7, 11) is 4.65. The number of methoxy groups -OCH3 is 3. The van der Waals surface area contributed by atoms with Gasteiger partial charge in [0.15, 0.2) is 16.6 Å². The van der Waals surface area contributed by atoms with Crippen LogP contribution < -0.4 is 30.6 Å². The maximum absolute atomic E-state index is 13.9. The fourth-order valence-electron chi connectivity index (χ4n) is 4.10. The van der Waals surface area contributed by atoms with Gasteiger partial charge in [0.1, 0.15) is 21.5 Å². The lowest BCUT2D eigenvalue weighted by Crippen LogP contribution is -2.15. The number of benzene rings is 3. The van der Waals surface area contributed by atoms with E-state index >= 15 is 0 Å². The van der Waals surface area contributed by atoms with Gasteiger partial charge < -0.3 is 30.6 Å². The Morgan fingerprint density at radius 3 is 2.41 bits per heavy atom. The van der Waals surface area contributed by atoms with Crippen molar-refractivity contribution in [3.8, 4) is 38.4 Å². The zero-order valence-electron chi connectivity index (χ0n) is 22.4. The highest BCUT2D eigenvalue weighted by atomic mass is 32.1. The van der Waals surface area contributed by atoms with Crippen LogP contribution in [0.1, 0.15) is 5.56 Å². The van der Waals surface area contributed by atoms with Crippen LogP contribution in [0.15, 0.2) is 66.0 Å². The number of aromatic nitrogens is 2. The molecule has 0 fully saturated rings. The third-order valence-electron chi connectivity index (χ3n) is 6.02. The highest BCUT2D eigenvalue weighted by Gasteiger charge is 2.18. The lowest BCUT2D eigenvalue weighted by molar-refractivity contribution is -0.115. The van der Waals surface area contributed by atoms with Gasteiger partial charge in [-0.05, 0) is 23.8 Å². The molecular formula is C29H26FN5O4S2. The molecular weight excluding hydrogens is 565 g/mol. The smallest absolute Gasteiger partial charge is 0.228 e. The van der Waals surface area contributed by atoms with E-state index in [0.29, 0.717) is 50.1 Å². The van der Waals surface area contributed by atoms with Gasteiger partial charge in [-0.25, -0.2) is 14.4 Å². The predicted molar refractivity (Wildman–Crippen MR) is 161 cm³/mol. The van der Waals surface area contributed by atoms with Crippen molar-refractivity contribution < 1.29 is 23.4 Å². The number of nitrogen functional groups attached to an aromatic ring is 1. The number of rotatable bonds is 10. The van der Waals surface area contributed by atoms with Crippen LogP contribution in [0.5, 0.6) is 17.2 Å². The van der Waals surface area contributed by atoms with Gasteiger partial charge in [-0.1, -0.05) is 41.7 Å². The van der Waals surface area contributed by atoms with Crippen molar-refractivity contribution in [1.82, 2.24) is 9.97 Å². The molecule has 0 saturated carbocycles. The highest BCUT2D eigenvalue weighted by molar-refractivity contribution is 7.23. The summed E-state index contributed by atoms with van der Waals surface area (Å²) >= 11 is 2.80. The standard InChI is InChI=1S/C29H26FN5O4S2/c1-37-22-13-19(14-23(38-2)25(22)39-3)33-29-35-27(31)26(41-29)28-34-21(15-40-28)17-8-6-9-18(11-17)32-24(36)12-16-7-4-5-10-20(16)30/h4-11,13-15H,12,31H2,1-3H3,(H,32,36)(H,33,35). The van der Waals surface area contributed by atoms with Gasteiger partial charge in [-0.3, -0.25) is 4.79 Å². The molecule has 210 valence electrons. The first-order chi connectivity index (χ1) is 19.9. The molecule has 0 radical (unpaired) electrons. The van der Waals surface area contributed by atoms with Crippen LogP contribution in [0.4, 0.5) is 26.7 Å². The molecule has 0 atom stereocenters. The van der Waals surface area contributed by atoms with Crippen molar-refractivity contribution in [3.63, 3.8) is 0 Å². The number of anilines is 4. The van der Waals surface area contributed by atoms with E-state index in [2.05, 4.69) is 15.6 Å². The van der Waals surface area contributed by atoms with Crippen LogP contribution in [-0.4, -0.2) is 37.2 Å². The molecule has 5 aromatic rings. The van der Waals surface area contributed by atoms with Gasteiger partial charge in [0.25, 0.3) is 0 Å². The Hall–Kier alpha value is -4.68. The third-order valence-corrected chi connectivity index (χ3v) is 8.00. The molecule has 9 nitrogen and oxygen atoms in total. The second-order valence-corrected chi connectivity index (χ2v) is 10.6. The third kappa shape index (κ3) is 6.23. The average molecular weight is 592 g/mol. The van der Waals surface area contributed by atoms with Gasteiger partial charge in [0, 0.05) is 34.5 Å². The first-order valence-electron chi connectivity index (χ1n) is 12.3. The maximum Gasteiger partial charge on any atom is 0.228 e. The van der Waals surface area contributed by atoms with Crippen LogP contribution in [-0.2, 0) is 11.2 Å². The zero-order valence-corrected chi connectivity index (χ0v) is 24.0. The second kappa shape index (κ2) is 12.2. The zero-order chi connectivity index (χ0) is 28.9. The molecule has 3 aromatic carbocycles. The molecule has 0 saturated heterocycles. The summed E-state index contributed by atoms with van der Waals surface area (Å²) in [5.41, 5.74) is 9.43. The summed E-state index contributed by atoms with van der Waals surface area (Å²) in [6.45, 7) is 0. The maximum atomic E-state index is 13.9. The lowest BCUT2D eigenvalue weighted by atomic mass is 10.1. The van der Waals surface area contributed by atoms with Crippen molar-refractivity contribution in [2.24, 2.45) is 0 Å². The van der Waals surface area contributed by atoms with Gasteiger partial charge in [-0.15, -0.1) is 11.3 Å². The first kappa shape index (κ1) is 27.9. The van der Waals surface area contributed by atoms with Crippen LogP contribution >= 0.6 is 22.7 Å². The van der Waals surface area contributed by atoms with Crippen molar-refractivity contribution in [2.75, 3.05) is 37.7 Å². The Bertz CT molecular complexity index is 1680. The number of carbonyl (C=O) groups is 1. The Kier molecular flexibility index (Phi) is 8.31. The largest absolute Gasteiger partial charge is 0.493 e. The second-order valence-electron chi connectivity index (χ2n) is 8.71. The minimum absolute atomic E-state index is 0.0607. The summed E-state index contributed by atoms with van der Waals surface area (Å²) in [5, 5.41) is 9.28. The molecule has 0 bridgehead atoms. The molecule has 41 heavy (non-hydrogen) atoms. The molecule has 5 rings (SSSR count). The Morgan fingerprint density at radius 2 is 1.71 bits per heavy atom. The first-order valence-corrected chi connectivity index (χ1v) is 14.0. The fourth-order valence-corrected chi connectivity index (χ4v) is 5.94. The highest BCUT2D eigenvalue weighted by Crippen LogP contribution is 2.43. The van der Waals surface area contributed by atoms with Crippen molar-refractivity contribution in [1.29, 1.82) is 0 Å². The summed E-state index contributed by atoms with van der Waals surface area (Å²) in [6.07, 6.45) is -0.0607. The van der Waals surface area contributed by atoms with Crippen LogP contribution in [0.25, 0.3) is 21.1 Å². The Labute approximate surface area is 243 Å². The number of thiazole rings is 2. The summed E-state index contributed by atoms with van der Waals surface area (Å²) in [4.78, 5) is 22.5. The molecule has 2 heterocycles. The average Bonchev–Trinajstić information content (AvgIpc) is 3.60. The van der Waals surface area contributed by atoms with E-state index in [0.717, 1.165) is 16.1 Å². The number of hydrogen-bond donors (Lipinski definition) is 3. The van der Waals surface area contributed by atoms with Gasteiger partial charge >= 0.3 is 0 Å². The minimum Gasteiger partial charge on any atom is -0.493 e. The van der Waals surface area contributed by atoms with Crippen molar-refractivity contribution in [2.45, 2.75) is 6.42 Å². The van der Waals surface area contributed by atoms with E-state index in [-0.39, 0.29) is 12.3 Å². The molecule has 0 aliphatic rings. The van der Waals surface area contributed by atoms with E-state index in [9.17, 15) is 9.18 Å². The molecule has 0 unspecified atom stereocenters. The van der Waals surface area contributed by atoms with Gasteiger partial charge in [0.2, 0.25) is 11.7 Å². The summed E-state index contributed by atoms with van der Waals surface area (Å²) < 4.78 is 30.2. The Balaban J connectivity index is 1.32. The van der Waals surface area contributed by atoms with Gasteiger partial charge in [-0.2, -0.15) is 0 Å². The number of amides is 1. The van der Waals surface area contributed by atoms with Crippen LogP contribution in [0, 0.1) is 5.82 Å². The van der Waals surface area contributed by atoms with Gasteiger partial charge in [0.05, 0.1) is 33.4 Å². The fraction of sp³-hybridized carbons (Fsp3) is 0.138. The van der Waals surface area contributed by atoms with E-state index in [1.807, 2.05) is 23.6 Å². The van der Waals surface area contributed by atoms with E-state index in [1.165, 1.54) is 28.7 Å². The molecule has 0 spiro atoms. The number of nitrogens with two attached hydrogens (primary N) is 1.